The van der Waals surface area contributed by atoms with Gasteiger partial charge in [-0.15, -0.1) is 0 Å². The molecule has 1 aromatic carbocycles. The van der Waals surface area contributed by atoms with Gasteiger partial charge in [-0.25, -0.2) is 9.82 Å². The molecule has 4 rings (SSSR count). The average Bonchev–Trinajstić information content (AvgIpc) is 3.17. The van der Waals surface area contributed by atoms with Crippen molar-refractivity contribution in [1.29, 1.82) is 0 Å². The van der Waals surface area contributed by atoms with Crippen LogP contribution in [-0.4, -0.2) is 31.7 Å². The molecule has 0 radical (unpaired) electrons. The second kappa shape index (κ2) is 5.62. The van der Waals surface area contributed by atoms with Gasteiger partial charge in [0.15, 0.2) is 0 Å². The molecule has 6 heteroatoms. The second-order valence-corrected chi connectivity index (χ2v) is 6.33. The van der Waals surface area contributed by atoms with Crippen molar-refractivity contribution in [3.8, 4) is 0 Å². The molecule has 5 nitrogen and oxygen atoms in total. The van der Waals surface area contributed by atoms with Crippen molar-refractivity contribution < 1.29 is 4.39 Å². The summed E-state index contributed by atoms with van der Waals surface area (Å²) in [6.45, 7) is 2.93. The minimum absolute atomic E-state index is 0.0584. The van der Waals surface area contributed by atoms with E-state index < -0.39 is 0 Å². The maximum Gasteiger partial charge on any atom is 0.128 e. The minimum atomic E-state index is -0.114. The highest BCUT2D eigenvalue weighted by atomic mass is 19.1. The highest BCUT2D eigenvalue weighted by molar-refractivity contribution is 5.24. The number of halogens is 1. The Kier molecular flexibility index (Phi) is 3.64. The lowest BCUT2D eigenvalue weighted by Gasteiger charge is -2.36. The standard InChI is InChI=1S/C15H22FN5/c16-12-4-2-1-3-10(12)15-11-5-13(9-6-18-19-7-9)17-8-14(11)20-21-15/h1-4,9,11,13-15,17-21H,5-8H2. The molecule has 3 saturated heterocycles. The van der Waals surface area contributed by atoms with Crippen LogP contribution in [0.5, 0.6) is 0 Å². The van der Waals surface area contributed by atoms with E-state index in [1.54, 1.807) is 12.1 Å². The number of benzene rings is 1. The van der Waals surface area contributed by atoms with Gasteiger partial charge in [0.2, 0.25) is 0 Å². The first-order valence-electron chi connectivity index (χ1n) is 7.77. The monoisotopic (exact) mass is 291 g/mol. The van der Waals surface area contributed by atoms with Gasteiger partial charge in [0.05, 0.1) is 6.04 Å². The number of rotatable bonds is 2. The Bertz CT molecular complexity index is 505. The van der Waals surface area contributed by atoms with Crippen LogP contribution in [0.2, 0.25) is 0 Å². The maximum absolute atomic E-state index is 14.1. The summed E-state index contributed by atoms with van der Waals surface area (Å²) >= 11 is 0. The minimum Gasteiger partial charge on any atom is -0.312 e. The van der Waals surface area contributed by atoms with Gasteiger partial charge < -0.3 is 5.32 Å². The Morgan fingerprint density at radius 3 is 2.57 bits per heavy atom. The van der Waals surface area contributed by atoms with Gasteiger partial charge >= 0.3 is 0 Å². The Morgan fingerprint density at radius 2 is 1.76 bits per heavy atom. The molecule has 0 bridgehead atoms. The topological polar surface area (TPSA) is 60.1 Å². The molecular formula is C15H22FN5. The zero-order valence-corrected chi connectivity index (χ0v) is 11.9. The van der Waals surface area contributed by atoms with Gasteiger partial charge in [0.1, 0.15) is 5.82 Å². The van der Waals surface area contributed by atoms with Crippen LogP contribution >= 0.6 is 0 Å². The molecule has 3 fully saturated rings. The SMILES string of the molecule is Fc1ccccc1C1NNC2CNC(C3CNNC3)CC21. The molecule has 0 spiro atoms. The Labute approximate surface area is 124 Å². The van der Waals surface area contributed by atoms with Gasteiger partial charge in [-0.3, -0.25) is 16.3 Å². The lowest BCUT2D eigenvalue weighted by atomic mass is 9.78. The summed E-state index contributed by atoms with van der Waals surface area (Å²) < 4.78 is 14.1. The van der Waals surface area contributed by atoms with E-state index >= 15 is 0 Å². The van der Waals surface area contributed by atoms with E-state index in [0.717, 1.165) is 31.6 Å². The van der Waals surface area contributed by atoms with Gasteiger partial charge in [0.25, 0.3) is 0 Å². The molecule has 5 N–H and O–H groups in total. The van der Waals surface area contributed by atoms with Crippen LogP contribution in [0.1, 0.15) is 18.0 Å². The molecule has 3 aliphatic heterocycles. The summed E-state index contributed by atoms with van der Waals surface area (Å²) in [4.78, 5) is 0. The van der Waals surface area contributed by atoms with Crippen LogP contribution in [0.3, 0.4) is 0 Å². The fourth-order valence-electron chi connectivity index (χ4n) is 3.96. The highest BCUT2D eigenvalue weighted by Gasteiger charge is 2.43. The number of hydrogen-bond acceptors (Lipinski definition) is 5. The zero-order chi connectivity index (χ0) is 14.2. The molecule has 114 valence electrons. The first-order valence-corrected chi connectivity index (χ1v) is 7.77. The third kappa shape index (κ3) is 2.47. The Morgan fingerprint density at radius 1 is 0.952 bits per heavy atom. The summed E-state index contributed by atoms with van der Waals surface area (Å²) in [6.07, 6.45) is 1.07. The molecule has 3 aliphatic rings. The van der Waals surface area contributed by atoms with Crippen molar-refractivity contribution >= 4 is 0 Å². The van der Waals surface area contributed by atoms with Gasteiger partial charge in [-0.05, 0) is 18.4 Å². The van der Waals surface area contributed by atoms with Crippen LogP contribution in [0.25, 0.3) is 0 Å². The first kappa shape index (κ1) is 13.6. The van der Waals surface area contributed by atoms with E-state index in [1.807, 2.05) is 12.1 Å². The van der Waals surface area contributed by atoms with Crippen molar-refractivity contribution in [3.05, 3.63) is 35.6 Å². The molecule has 0 amide bonds. The van der Waals surface area contributed by atoms with Crippen LogP contribution in [-0.2, 0) is 0 Å². The maximum atomic E-state index is 14.1. The van der Waals surface area contributed by atoms with E-state index in [9.17, 15) is 4.39 Å². The summed E-state index contributed by atoms with van der Waals surface area (Å²) in [7, 11) is 0. The van der Waals surface area contributed by atoms with Crippen molar-refractivity contribution in [2.24, 2.45) is 11.8 Å². The molecule has 1 aromatic rings. The third-order valence-electron chi connectivity index (χ3n) is 5.16. The molecule has 4 atom stereocenters. The van der Waals surface area contributed by atoms with E-state index in [4.69, 9.17) is 0 Å². The first-order chi connectivity index (χ1) is 10.3. The number of hydrogen-bond donors (Lipinski definition) is 5. The summed E-state index contributed by atoms with van der Waals surface area (Å²) in [5.74, 6) is 0.915. The molecule has 3 heterocycles. The fourth-order valence-corrected chi connectivity index (χ4v) is 3.96. The molecule has 0 saturated carbocycles. The molecule has 21 heavy (non-hydrogen) atoms. The van der Waals surface area contributed by atoms with Crippen LogP contribution < -0.4 is 27.0 Å². The molecule has 4 unspecified atom stereocenters. The van der Waals surface area contributed by atoms with E-state index in [0.29, 0.717) is 23.9 Å². The number of hydrazine groups is 2. The predicted molar refractivity (Wildman–Crippen MR) is 78.6 cm³/mol. The largest absolute Gasteiger partial charge is 0.312 e. The van der Waals surface area contributed by atoms with Crippen molar-refractivity contribution in [3.63, 3.8) is 0 Å². The zero-order valence-electron chi connectivity index (χ0n) is 11.9. The van der Waals surface area contributed by atoms with Gasteiger partial charge in [0, 0.05) is 43.2 Å². The van der Waals surface area contributed by atoms with Crippen LogP contribution in [0.15, 0.2) is 24.3 Å². The average molecular weight is 291 g/mol. The van der Waals surface area contributed by atoms with Crippen molar-refractivity contribution in [2.75, 3.05) is 19.6 Å². The molecule has 0 aliphatic carbocycles. The van der Waals surface area contributed by atoms with E-state index in [2.05, 4.69) is 27.0 Å². The predicted octanol–water partition coefficient (Wildman–Crippen LogP) is 0.0453. The van der Waals surface area contributed by atoms with Gasteiger partial charge in [-0.2, -0.15) is 0 Å². The number of piperidine rings is 1. The quantitative estimate of drug-likeness (QED) is 0.533. The van der Waals surface area contributed by atoms with Crippen molar-refractivity contribution in [2.45, 2.75) is 24.5 Å². The lowest BCUT2D eigenvalue weighted by molar-refractivity contribution is 0.222. The van der Waals surface area contributed by atoms with Crippen molar-refractivity contribution in [1.82, 2.24) is 27.0 Å². The summed E-state index contributed by atoms with van der Waals surface area (Å²) in [5.41, 5.74) is 13.8. The Balaban J connectivity index is 1.53. The fraction of sp³-hybridized carbons (Fsp3) is 0.600. The summed E-state index contributed by atoms with van der Waals surface area (Å²) in [5, 5.41) is 3.64. The molecular weight excluding hydrogens is 269 g/mol. The highest BCUT2D eigenvalue weighted by Crippen LogP contribution is 2.36. The smallest absolute Gasteiger partial charge is 0.128 e. The number of fused-ring (bicyclic) bond motifs is 1. The van der Waals surface area contributed by atoms with Gasteiger partial charge in [-0.1, -0.05) is 18.2 Å². The normalized spacial score (nSPS) is 36.8. The van der Waals surface area contributed by atoms with E-state index in [1.165, 1.54) is 0 Å². The van der Waals surface area contributed by atoms with Crippen LogP contribution in [0, 0.1) is 17.7 Å². The van der Waals surface area contributed by atoms with E-state index in [-0.39, 0.29) is 11.9 Å². The summed E-state index contributed by atoms with van der Waals surface area (Å²) in [6, 6.07) is 8.03. The lowest BCUT2D eigenvalue weighted by Crippen LogP contribution is -2.53. The Hall–Kier alpha value is -1.05. The number of nitrogens with one attached hydrogen (secondary N) is 5. The second-order valence-electron chi connectivity index (χ2n) is 6.33. The third-order valence-corrected chi connectivity index (χ3v) is 5.16. The van der Waals surface area contributed by atoms with Crippen LogP contribution in [0.4, 0.5) is 4.39 Å². The molecule has 0 aromatic heterocycles.